The fourth-order valence-electron chi connectivity index (χ4n) is 1.92. The first kappa shape index (κ1) is 23.8. The third-order valence-electron chi connectivity index (χ3n) is 3.29. The van der Waals surface area contributed by atoms with Crippen LogP contribution in [0, 0.1) is 18.7 Å². The highest BCUT2D eigenvalue weighted by Gasteiger charge is 1.97. The van der Waals surface area contributed by atoms with Gasteiger partial charge in [-0.25, -0.2) is 4.39 Å². The Labute approximate surface area is 143 Å². The summed E-state index contributed by atoms with van der Waals surface area (Å²) in [6, 6.07) is 5.19. The fraction of sp³-hybridized carbons (Fsp3) is 0.571. The van der Waals surface area contributed by atoms with Crippen molar-refractivity contribution < 1.29 is 9.18 Å². The maximum atomic E-state index is 12.8. The lowest BCUT2D eigenvalue weighted by Gasteiger charge is -2.00. The first-order chi connectivity index (χ1) is 10.9. The van der Waals surface area contributed by atoms with Gasteiger partial charge in [-0.2, -0.15) is 0 Å². The Kier molecular flexibility index (Phi) is 16.0. The maximum Gasteiger partial charge on any atom is 0.155 e. The van der Waals surface area contributed by atoms with Crippen molar-refractivity contribution in [1.29, 1.82) is 0 Å². The molecule has 0 aliphatic carbocycles. The van der Waals surface area contributed by atoms with E-state index in [1.807, 2.05) is 46.8 Å². The smallest absolute Gasteiger partial charge is 0.155 e. The molecule has 0 bridgehead atoms. The van der Waals surface area contributed by atoms with E-state index >= 15 is 0 Å². The quantitative estimate of drug-likeness (QED) is 0.534. The van der Waals surface area contributed by atoms with Crippen LogP contribution in [0.15, 0.2) is 30.4 Å². The van der Waals surface area contributed by atoms with Crippen LogP contribution in [0.25, 0.3) is 0 Å². The zero-order valence-corrected chi connectivity index (χ0v) is 16.1. The van der Waals surface area contributed by atoms with Gasteiger partial charge >= 0.3 is 0 Å². The molecule has 0 fully saturated rings. The predicted octanol–water partition coefficient (Wildman–Crippen LogP) is 6.68. The first-order valence-corrected chi connectivity index (χ1v) is 8.90. The molecule has 1 aromatic rings. The van der Waals surface area contributed by atoms with Crippen LogP contribution in [0.5, 0.6) is 0 Å². The van der Waals surface area contributed by atoms with Gasteiger partial charge in [0, 0.05) is 6.42 Å². The highest BCUT2D eigenvalue weighted by molar-refractivity contribution is 5.89. The SMILES string of the molecule is CC.CCCC(C)/C=C\C(=O)CC.CCc1cc(C)ccc1F. The maximum absolute atomic E-state index is 12.8. The Morgan fingerprint density at radius 3 is 2.26 bits per heavy atom. The lowest BCUT2D eigenvalue weighted by atomic mass is 10.1. The molecule has 2 heteroatoms. The number of aryl methyl sites for hydroxylation is 2. The van der Waals surface area contributed by atoms with Crippen molar-refractivity contribution in [2.24, 2.45) is 5.92 Å². The number of allylic oxidation sites excluding steroid dienone is 2. The molecule has 132 valence electrons. The van der Waals surface area contributed by atoms with Gasteiger partial charge in [0.05, 0.1) is 0 Å². The van der Waals surface area contributed by atoms with Crippen LogP contribution in [-0.4, -0.2) is 5.78 Å². The molecule has 0 amide bonds. The standard InChI is InChI=1S/C10H18O.C9H11F.C2H6/c1-4-6-9(3)7-8-10(11)5-2;1-3-8-6-7(2)4-5-9(8)10;1-2/h7-9H,4-6H2,1-3H3;4-6H,3H2,1-2H3;1-2H3/b8-7-;;. The zero-order chi connectivity index (χ0) is 18.3. The third-order valence-corrected chi connectivity index (χ3v) is 3.29. The Balaban J connectivity index is 0. The van der Waals surface area contributed by atoms with Crippen LogP contribution in [-0.2, 0) is 11.2 Å². The summed E-state index contributed by atoms with van der Waals surface area (Å²) in [4.78, 5) is 10.8. The summed E-state index contributed by atoms with van der Waals surface area (Å²) in [5.74, 6) is 0.691. The second-order valence-corrected chi connectivity index (χ2v) is 5.39. The van der Waals surface area contributed by atoms with Crippen molar-refractivity contribution >= 4 is 5.78 Å². The molecular formula is C21H35FO. The topological polar surface area (TPSA) is 17.1 Å². The van der Waals surface area contributed by atoms with Gasteiger partial charge in [-0.1, -0.05) is 71.7 Å². The van der Waals surface area contributed by atoms with E-state index in [0.29, 0.717) is 12.3 Å². The molecule has 1 rings (SSSR count). The number of carbonyl (C=O) groups excluding carboxylic acids is 1. The van der Waals surface area contributed by atoms with Gasteiger partial charge in [-0.15, -0.1) is 0 Å². The molecule has 0 heterocycles. The molecule has 1 atom stereocenters. The molecule has 0 aromatic heterocycles. The average Bonchev–Trinajstić information content (AvgIpc) is 2.57. The van der Waals surface area contributed by atoms with Gasteiger partial charge in [0.2, 0.25) is 0 Å². The summed E-state index contributed by atoms with van der Waals surface area (Å²) >= 11 is 0. The number of halogens is 1. The number of ketones is 1. The van der Waals surface area contributed by atoms with Crippen LogP contribution in [0.4, 0.5) is 4.39 Å². The number of benzene rings is 1. The molecular weight excluding hydrogens is 287 g/mol. The first-order valence-electron chi connectivity index (χ1n) is 8.90. The van der Waals surface area contributed by atoms with Crippen LogP contribution < -0.4 is 0 Å². The van der Waals surface area contributed by atoms with E-state index in [4.69, 9.17) is 0 Å². The normalized spacial score (nSPS) is 11.1. The van der Waals surface area contributed by atoms with Crippen molar-refractivity contribution in [2.45, 2.75) is 74.1 Å². The van der Waals surface area contributed by atoms with Gasteiger partial charge in [0.15, 0.2) is 5.78 Å². The van der Waals surface area contributed by atoms with E-state index in [9.17, 15) is 9.18 Å². The molecule has 0 aliphatic heterocycles. The molecule has 1 unspecified atom stereocenters. The average molecular weight is 323 g/mol. The van der Waals surface area contributed by atoms with E-state index in [2.05, 4.69) is 13.8 Å². The van der Waals surface area contributed by atoms with Crippen molar-refractivity contribution in [3.63, 3.8) is 0 Å². The summed E-state index contributed by atoms with van der Waals surface area (Å²) in [6.07, 6.45) is 7.47. The van der Waals surface area contributed by atoms with E-state index in [1.54, 1.807) is 12.1 Å². The summed E-state index contributed by atoms with van der Waals surface area (Å²) in [5, 5.41) is 0. The van der Waals surface area contributed by atoms with Crippen molar-refractivity contribution in [2.75, 3.05) is 0 Å². The number of rotatable bonds is 6. The number of hydrogen-bond donors (Lipinski definition) is 0. The van der Waals surface area contributed by atoms with E-state index in [-0.39, 0.29) is 11.6 Å². The number of hydrogen-bond acceptors (Lipinski definition) is 1. The Morgan fingerprint density at radius 1 is 1.22 bits per heavy atom. The minimum Gasteiger partial charge on any atom is -0.295 e. The molecule has 0 saturated carbocycles. The minimum absolute atomic E-state index is 0.0897. The Hall–Kier alpha value is -1.44. The second kappa shape index (κ2) is 15.5. The molecule has 0 spiro atoms. The predicted molar refractivity (Wildman–Crippen MR) is 100 cm³/mol. The molecule has 0 radical (unpaired) electrons. The van der Waals surface area contributed by atoms with Crippen molar-refractivity contribution in [1.82, 2.24) is 0 Å². The van der Waals surface area contributed by atoms with Crippen LogP contribution in [0.2, 0.25) is 0 Å². The summed E-state index contributed by atoms with van der Waals surface area (Å²) < 4.78 is 12.8. The Morgan fingerprint density at radius 2 is 1.83 bits per heavy atom. The van der Waals surface area contributed by atoms with Crippen molar-refractivity contribution in [3.05, 3.63) is 47.3 Å². The zero-order valence-electron chi connectivity index (χ0n) is 16.1. The fourth-order valence-corrected chi connectivity index (χ4v) is 1.92. The van der Waals surface area contributed by atoms with Crippen molar-refractivity contribution in [3.8, 4) is 0 Å². The molecule has 0 N–H and O–H groups in total. The van der Waals surface area contributed by atoms with Crippen LogP contribution >= 0.6 is 0 Å². The van der Waals surface area contributed by atoms with Gasteiger partial charge in [-0.3, -0.25) is 4.79 Å². The molecule has 1 nitrogen and oxygen atoms in total. The van der Waals surface area contributed by atoms with Crippen LogP contribution in [0.3, 0.4) is 0 Å². The monoisotopic (exact) mass is 322 g/mol. The molecule has 1 aromatic carbocycles. The second-order valence-electron chi connectivity index (χ2n) is 5.39. The highest BCUT2D eigenvalue weighted by Crippen LogP contribution is 2.09. The van der Waals surface area contributed by atoms with Gasteiger partial charge in [0.25, 0.3) is 0 Å². The summed E-state index contributed by atoms with van der Waals surface area (Å²) in [6.45, 7) is 14.1. The summed E-state index contributed by atoms with van der Waals surface area (Å²) in [7, 11) is 0. The minimum atomic E-state index is -0.0897. The van der Waals surface area contributed by atoms with Crippen LogP contribution in [0.1, 0.15) is 71.9 Å². The highest BCUT2D eigenvalue weighted by atomic mass is 19.1. The van der Waals surface area contributed by atoms with Gasteiger partial charge < -0.3 is 0 Å². The Bertz CT molecular complexity index is 449. The largest absolute Gasteiger partial charge is 0.295 e. The molecule has 23 heavy (non-hydrogen) atoms. The van der Waals surface area contributed by atoms with Gasteiger partial charge in [0.1, 0.15) is 5.82 Å². The molecule has 0 saturated heterocycles. The summed E-state index contributed by atoms with van der Waals surface area (Å²) in [5.41, 5.74) is 1.93. The van der Waals surface area contributed by atoms with E-state index in [0.717, 1.165) is 17.5 Å². The van der Waals surface area contributed by atoms with Gasteiger partial charge in [-0.05, 0) is 43.4 Å². The lowest BCUT2D eigenvalue weighted by molar-refractivity contribution is -0.114. The van der Waals surface area contributed by atoms with E-state index < -0.39 is 0 Å². The number of carbonyl (C=O) groups is 1. The lowest BCUT2D eigenvalue weighted by Crippen LogP contribution is -1.92. The third kappa shape index (κ3) is 12.8. The molecule has 0 aliphatic rings. The van der Waals surface area contributed by atoms with E-state index in [1.165, 1.54) is 18.9 Å².